The fourth-order valence-corrected chi connectivity index (χ4v) is 3.83. The van der Waals surface area contributed by atoms with Gasteiger partial charge in [0.05, 0.1) is 0 Å². The predicted molar refractivity (Wildman–Crippen MR) is 125 cm³/mol. The number of nitrogens with one attached hydrogen (secondary N) is 1. The van der Waals surface area contributed by atoms with Crippen molar-refractivity contribution in [2.45, 2.75) is 46.2 Å². The number of aryl methyl sites for hydroxylation is 1. The minimum Gasteiger partial charge on any atom is -0.454 e. The predicted octanol–water partition coefficient (Wildman–Crippen LogP) is 4.84. The highest BCUT2D eigenvalue weighted by Gasteiger charge is 2.27. The minimum absolute atomic E-state index is 0.138. The molecule has 0 aromatic heterocycles. The largest absolute Gasteiger partial charge is 0.454 e. The van der Waals surface area contributed by atoms with Gasteiger partial charge in [-0.15, -0.1) is 0 Å². The maximum atomic E-state index is 13.2. The van der Waals surface area contributed by atoms with Crippen LogP contribution in [0.4, 0.5) is 0 Å². The fraction of sp³-hybridized carbons (Fsp3) is 0.417. The number of ether oxygens (including phenoxy) is 2. The van der Waals surface area contributed by atoms with Crippen molar-refractivity contribution in [1.82, 2.24) is 10.2 Å². The summed E-state index contributed by atoms with van der Waals surface area (Å²) in [5.41, 5.74) is 1.69. The van der Waals surface area contributed by atoms with E-state index in [-0.39, 0.29) is 31.6 Å². The van der Waals surface area contributed by atoms with Crippen LogP contribution in [0.2, 0.25) is 10.0 Å². The zero-order valence-corrected chi connectivity index (χ0v) is 20.0. The smallest absolute Gasteiger partial charge is 0.242 e. The van der Waals surface area contributed by atoms with Gasteiger partial charge in [0, 0.05) is 29.6 Å². The van der Waals surface area contributed by atoms with Crippen molar-refractivity contribution in [3.05, 3.63) is 57.6 Å². The van der Waals surface area contributed by atoms with Crippen LogP contribution in [0.3, 0.4) is 0 Å². The Morgan fingerprint density at radius 2 is 1.81 bits per heavy atom. The molecule has 2 amide bonds. The van der Waals surface area contributed by atoms with E-state index in [0.717, 1.165) is 11.1 Å². The monoisotopic (exact) mass is 478 g/mol. The van der Waals surface area contributed by atoms with Crippen LogP contribution in [0.15, 0.2) is 36.4 Å². The molecule has 172 valence electrons. The Bertz CT molecular complexity index is 980. The Balaban J connectivity index is 1.73. The van der Waals surface area contributed by atoms with E-state index in [9.17, 15) is 9.59 Å². The van der Waals surface area contributed by atoms with Gasteiger partial charge in [0.1, 0.15) is 6.04 Å². The van der Waals surface area contributed by atoms with Gasteiger partial charge in [0.15, 0.2) is 11.5 Å². The average molecular weight is 479 g/mol. The molecular formula is C24H28Cl2N2O4. The summed E-state index contributed by atoms with van der Waals surface area (Å²) in [6, 6.07) is 10.1. The number of carbonyl (C=O) groups is 2. The van der Waals surface area contributed by atoms with Crippen LogP contribution >= 0.6 is 23.2 Å². The van der Waals surface area contributed by atoms with E-state index in [4.69, 9.17) is 32.7 Å². The van der Waals surface area contributed by atoms with Gasteiger partial charge in [-0.3, -0.25) is 9.59 Å². The molecule has 0 saturated heterocycles. The maximum absolute atomic E-state index is 13.2. The van der Waals surface area contributed by atoms with Gasteiger partial charge >= 0.3 is 0 Å². The number of benzene rings is 2. The molecule has 8 heteroatoms. The second-order valence-electron chi connectivity index (χ2n) is 8.26. The van der Waals surface area contributed by atoms with Gasteiger partial charge in [0.25, 0.3) is 0 Å². The van der Waals surface area contributed by atoms with Crippen molar-refractivity contribution in [2.24, 2.45) is 5.92 Å². The lowest BCUT2D eigenvalue weighted by Crippen LogP contribution is -2.48. The summed E-state index contributed by atoms with van der Waals surface area (Å²) < 4.78 is 10.8. The number of rotatable bonds is 9. The zero-order chi connectivity index (χ0) is 23.3. The molecule has 1 aliphatic rings. The maximum Gasteiger partial charge on any atom is 0.242 e. The number of hydrogen-bond acceptors (Lipinski definition) is 4. The zero-order valence-electron chi connectivity index (χ0n) is 18.5. The van der Waals surface area contributed by atoms with Crippen molar-refractivity contribution >= 4 is 35.0 Å². The van der Waals surface area contributed by atoms with E-state index < -0.39 is 6.04 Å². The molecule has 2 aromatic carbocycles. The van der Waals surface area contributed by atoms with Crippen LogP contribution in [-0.4, -0.2) is 36.1 Å². The normalized spacial score (nSPS) is 13.2. The van der Waals surface area contributed by atoms with E-state index in [0.29, 0.717) is 40.4 Å². The van der Waals surface area contributed by atoms with Crippen LogP contribution in [0.5, 0.6) is 11.5 Å². The number of hydrogen-bond donors (Lipinski definition) is 1. The van der Waals surface area contributed by atoms with Crippen molar-refractivity contribution in [3.63, 3.8) is 0 Å². The molecule has 1 atom stereocenters. The lowest BCUT2D eigenvalue weighted by molar-refractivity contribution is -0.140. The molecule has 2 aromatic rings. The molecule has 1 aliphatic heterocycles. The summed E-state index contributed by atoms with van der Waals surface area (Å²) in [6.07, 6.45) is 0.757. The van der Waals surface area contributed by atoms with Crippen molar-refractivity contribution in [3.8, 4) is 11.5 Å². The second kappa shape index (κ2) is 10.9. The third-order valence-electron chi connectivity index (χ3n) is 5.27. The molecule has 0 spiro atoms. The highest BCUT2D eigenvalue weighted by molar-refractivity contribution is 6.35. The van der Waals surface area contributed by atoms with Gasteiger partial charge < -0.3 is 19.7 Å². The molecule has 32 heavy (non-hydrogen) atoms. The van der Waals surface area contributed by atoms with E-state index in [1.165, 1.54) is 0 Å². The van der Waals surface area contributed by atoms with Crippen LogP contribution in [-0.2, 0) is 22.6 Å². The van der Waals surface area contributed by atoms with Gasteiger partial charge in [-0.2, -0.15) is 0 Å². The first-order valence-electron chi connectivity index (χ1n) is 10.6. The summed E-state index contributed by atoms with van der Waals surface area (Å²) in [7, 11) is 0. The first-order valence-corrected chi connectivity index (χ1v) is 11.4. The lowest BCUT2D eigenvalue weighted by atomic mass is 10.1. The minimum atomic E-state index is -0.648. The quantitative estimate of drug-likeness (QED) is 0.559. The Hall–Kier alpha value is -2.44. The van der Waals surface area contributed by atoms with Gasteiger partial charge in [-0.1, -0.05) is 49.2 Å². The van der Waals surface area contributed by atoms with Crippen molar-refractivity contribution in [2.75, 3.05) is 13.3 Å². The van der Waals surface area contributed by atoms with Crippen LogP contribution in [0, 0.1) is 5.92 Å². The highest BCUT2D eigenvalue weighted by Crippen LogP contribution is 2.33. The molecule has 0 aliphatic carbocycles. The summed E-state index contributed by atoms with van der Waals surface area (Å²) in [6.45, 7) is 6.74. The number of amides is 2. The molecule has 1 N–H and O–H groups in total. The summed E-state index contributed by atoms with van der Waals surface area (Å²) in [5.74, 6) is 1.36. The third-order valence-corrected chi connectivity index (χ3v) is 5.86. The summed E-state index contributed by atoms with van der Waals surface area (Å²) >= 11 is 12.4. The lowest BCUT2D eigenvalue weighted by Gasteiger charge is -2.29. The Labute approximate surface area is 198 Å². The fourth-order valence-electron chi connectivity index (χ4n) is 3.36. The molecule has 3 rings (SSSR count). The van der Waals surface area contributed by atoms with E-state index in [2.05, 4.69) is 5.32 Å². The number of carbonyl (C=O) groups excluding carboxylic acids is 2. The molecule has 0 bridgehead atoms. The second-order valence-corrected chi connectivity index (χ2v) is 9.10. The van der Waals surface area contributed by atoms with Gasteiger partial charge in [-0.05, 0) is 54.7 Å². The first-order chi connectivity index (χ1) is 15.2. The molecule has 0 saturated carbocycles. The Kier molecular flexibility index (Phi) is 8.26. The van der Waals surface area contributed by atoms with Crippen molar-refractivity contribution < 1.29 is 19.1 Å². The van der Waals surface area contributed by atoms with Crippen LogP contribution in [0.1, 0.15) is 38.3 Å². The topological polar surface area (TPSA) is 67.9 Å². The molecule has 1 heterocycles. The molecule has 1 unspecified atom stereocenters. The molecule has 0 fully saturated rings. The molecule has 6 nitrogen and oxygen atoms in total. The SMILES string of the molecule is CC(C)CNC(=O)C(C)N(Cc1ccc(Cl)cc1Cl)C(=O)CCc1ccc2c(c1)OCO2. The Morgan fingerprint density at radius 1 is 1.06 bits per heavy atom. The molecule has 0 radical (unpaired) electrons. The Morgan fingerprint density at radius 3 is 2.53 bits per heavy atom. The van der Waals surface area contributed by atoms with E-state index >= 15 is 0 Å². The molecular weight excluding hydrogens is 451 g/mol. The van der Waals surface area contributed by atoms with Gasteiger partial charge in [0.2, 0.25) is 18.6 Å². The first kappa shape index (κ1) is 24.2. The average Bonchev–Trinajstić information content (AvgIpc) is 3.22. The van der Waals surface area contributed by atoms with Gasteiger partial charge in [-0.25, -0.2) is 0 Å². The summed E-state index contributed by atoms with van der Waals surface area (Å²) in [4.78, 5) is 27.5. The highest BCUT2D eigenvalue weighted by atomic mass is 35.5. The number of fused-ring (bicyclic) bond motifs is 1. The number of halogens is 2. The number of nitrogens with zero attached hydrogens (tertiary/aromatic N) is 1. The van der Waals surface area contributed by atoms with E-state index in [1.807, 2.05) is 32.0 Å². The van der Waals surface area contributed by atoms with E-state index in [1.54, 1.807) is 30.0 Å². The van der Waals surface area contributed by atoms with Crippen LogP contribution < -0.4 is 14.8 Å². The standard InChI is InChI=1S/C24H28Cl2N2O4/c1-15(2)12-27-24(30)16(3)28(13-18-6-7-19(25)11-20(18)26)23(29)9-5-17-4-8-21-22(10-17)32-14-31-21/h4,6-8,10-11,15-16H,5,9,12-14H2,1-3H3,(H,27,30). The van der Waals surface area contributed by atoms with Crippen molar-refractivity contribution in [1.29, 1.82) is 0 Å². The third kappa shape index (κ3) is 6.30. The summed E-state index contributed by atoms with van der Waals surface area (Å²) in [5, 5.41) is 3.89. The van der Waals surface area contributed by atoms with Crippen LogP contribution in [0.25, 0.3) is 0 Å².